The minimum Gasteiger partial charge on any atom is -0.473 e. The van der Waals surface area contributed by atoms with Crippen molar-refractivity contribution in [2.75, 3.05) is 0 Å². The second-order valence-corrected chi connectivity index (χ2v) is 9.43. The predicted octanol–water partition coefficient (Wildman–Crippen LogP) is 8.75. The normalized spacial score (nSPS) is 13.7. The maximum Gasteiger partial charge on any atom is 0.140 e. The van der Waals surface area contributed by atoms with Crippen LogP contribution in [-0.2, 0) is 4.74 Å². The van der Waals surface area contributed by atoms with Crippen LogP contribution in [0.15, 0.2) is 125 Å². The lowest BCUT2D eigenvalue weighted by Crippen LogP contribution is -2.04. The molecular formula is C33H20N2O3. The van der Waals surface area contributed by atoms with E-state index in [0.29, 0.717) is 5.82 Å². The molecule has 3 aromatic heterocycles. The van der Waals surface area contributed by atoms with E-state index in [9.17, 15) is 0 Å². The van der Waals surface area contributed by atoms with Crippen LogP contribution in [0.5, 0.6) is 0 Å². The van der Waals surface area contributed by atoms with E-state index in [0.717, 1.165) is 66.4 Å². The fourth-order valence-corrected chi connectivity index (χ4v) is 5.22. The molecular weight excluding hydrogens is 472 g/mol. The first kappa shape index (κ1) is 21.0. The van der Waals surface area contributed by atoms with Gasteiger partial charge >= 0.3 is 0 Å². The van der Waals surface area contributed by atoms with Crippen molar-refractivity contribution in [3.63, 3.8) is 0 Å². The van der Waals surface area contributed by atoms with Gasteiger partial charge in [0, 0.05) is 32.7 Å². The van der Waals surface area contributed by atoms with Gasteiger partial charge in [-0.05, 0) is 54.6 Å². The molecule has 4 aromatic carbocycles. The minimum atomic E-state index is -0.0905. The summed E-state index contributed by atoms with van der Waals surface area (Å²) in [6.45, 7) is 0. The molecule has 0 atom stereocenters. The Labute approximate surface area is 217 Å². The summed E-state index contributed by atoms with van der Waals surface area (Å²) >= 11 is 0. The SMILES string of the molecule is C1=CC(c2nc(-c3ccc4c(c3)oc3ccccc34)cc(-c3ccc4c(c3)oc3ccccc34)n2)C=CO1. The van der Waals surface area contributed by atoms with Crippen LogP contribution in [0, 0.1) is 0 Å². The number of rotatable bonds is 3. The Balaban J connectivity index is 1.31. The van der Waals surface area contributed by atoms with Gasteiger partial charge in [0.2, 0.25) is 0 Å². The van der Waals surface area contributed by atoms with Gasteiger partial charge in [0.1, 0.15) is 28.2 Å². The van der Waals surface area contributed by atoms with Crippen LogP contribution in [0.1, 0.15) is 11.7 Å². The van der Waals surface area contributed by atoms with Crippen molar-refractivity contribution in [2.45, 2.75) is 5.92 Å². The summed E-state index contributed by atoms with van der Waals surface area (Å²) in [5.41, 5.74) is 6.99. The molecule has 0 fully saturated rings. The highest BCUT2D eigenvalue weighted by Crippen LogP contribution is 2.35. The quantitative estimate of drug-likeness (QED) is 0.247. The lowest BCUT2D eigenvalue weighted by atomic mass is 10.0. The van der Waals surface area contributed by atoms with E-state index >= 15 is 0 Å². The molecule has 0 amide bonds. The summed E-state index contributed by atoms with van der Waals surface area (Å²) in [4.78, 5) is 9.95. The number of aromatic nitrogens is 2. The van der Waals surface area contributed by atoms with E-state index in [2.05, 4.69) is 48.5 Å². The zero-order valence-corrected chi connectivity index (χ0v) is 20.2. The fraction of sp³-hybridized carbons (Fsp3) is 0.0303. The van der Waals surface area contributed by atoms with Gasteiger partial charge in [-0.3, -0.25) is 0 Å². The van der Waals surface area contributed by atoms with Crippen LogP contribution >= 0.6 is 0 Å². The summed E-state index contributed by atoms with van der Waals surface area (Å²) in [5.74, 6) is 0.606. The smallest absolute Gasteiger partial charge is 0.140 e. The minimum absolute atomic E-state index is 0.0905. The second-order valence-electron chi connectivity index (χ2n) is 9.43. The van der Waals surface area contributed by atoms with Gasteiger partial charge in [-0.25, -0.2) is 9.97 Å². The third kappa shape index (κ3) is 3.33. The van der Waals surface area contributed by atoms with Gasteiger partial charge < -0.3 is 13.6 Å². The molecule has 38 heavy (non-hydrogen) atoms. The number of allylic oxidation sites excluding steroid dienone is 2. The van der Waals surface area contributed by atoms with Crippen molar-refractivity contribution in [1.29, 1.82) is 0 Å². The molecule has 0 saturated heterocycles. The van der Waals surface area contributed by atoms with E-state index in [1.165, 1.54) is 0 Å². The number of benzene rings is 4. The van der Waals surface area contributed by atoms with Gasteiger partial charge in [0.05, 0.1) is 29.8 Å². The van der Waals surface area contributed by atoms with Gasteiger partial charge in [0.25, 0.3) is 0 Å². The van der Waals surface area contributed by atoms with E-state index in [4.69, 9.17) is 23.5 Å². The third-order valence-electron chi connectivity index (χ3n) is 7.12. The molecule has 0 unspecified atom stereocenters. The molecule has 0 N–H and O–H groups in total. The molecule has 8 rings (SSSR count). The van der Waals surface area contributed by atoms with Crippen LogP contribution in [0.25, 0.3) is 66.4 Å². The number of fused-ring (bicyclic) bond motifs is 6. The number of nitrogens with zero attached hydrogens (tertiary/aromatic N) is 2. The summed E-state index contributed by atoms with van der Waals surface area (Å²) < 4.78 is 17.6. The Kier molecular flexibility index (Phi) is 4.52. The highest BCUT2D eigenvalue weighted by Gasteiger charge is 2.17. The Morgan fingerprint density at radius 2 is 1.00 bits per heavy atom. The second kappa shape index (κ2) is 8.18. The van der Waals surface area contributed by atoms with Crippen molar-refractivity contribution in [2.24, 2.45) is 0 Å². The van der Waals surface area contributed by atoms with E-state index in [1.807, 2.05) is 54.6 Å². The fourth-order valence-electron chi connectivity index (χ4n) is 5.22. The first-order valence-electron chi connectivity index (χ1n) is 12.5. The first-order chi connectivity index (χ1) is 18.8. The standard InChI is InChI=1S/C33H20N2O3/c1-3-7-29-23(5-1)25-11-9-21(17-31(25)37-29)27-19-28(35-33(34-27)20-13-15-36-16-14-20)22-10-12-26-24-6-2-4-8-30(24)38-32(26)18-22/h1-20H. The molecule has 0 spiro atoms. The molecule has 0 saturated carbocycles. The average molecular weight is 493 g/mol. The number of furan rings is 2. The summed E-state index contributed by atoms with van der Waals surface area (Å²) in [6, 6.07) is 30.7. The Morgan fingerprint density at radius 3 is 1.55 bits per heavy atom. The van der Waals surface area contributed by atoms with Crippen LogP contribution < -0.4 is 0 Å². The van der Waals surface area contributed by atoms with Crippen molar-refractivity contribution < 1.29 is 13.6 Å². The highest BCUT2D eigenvalue weighted by atomic mass is 16.5. The average Bonchev–Trinajstić information content (AvgIpc) is 3.54. The summed E-state index contributed by atoms with van der Waals surface area (Å²) in [5, 5.41) is 4.39. The third-order valence-corrected chi connectivity index (χ3v) is 7.12. The first-order valence-corrected chi connectivity index (χ1v) is 12.5. The molecule has 1 aliphatic rings. The molecule has 0 bridgehead atoms. The van der Waals surface area contributed by atoms with Crippen molar-refractivity contribution in [3.05, 3.63) is 121 Å². The maximum absolute atomic E-state index is 6.16. The van der Waals surface area contributed by atoms with Crippen molar-refractivity contribution in [3.8, 4) is 22.5 Å². The monoisotopic (exact) mass is 492 g/mol. The molecule has 0 radical (unpaired) electrons. The number of hydrogen-bond donors (Lipinski definition) is 0. The molecule has 7 aromatic rings. The van der Waals surface area contributed by atoms with Crippen LogP contribution in [-0.4, -0.2) is 9.97 Å². The Bertz CT molecular complexity index is 1940. The molecule has 180 valence electrons. The largest absolute Gasteiger partial charge is 0.473 e. The van der Waals surface area contributed by atoms with E-state index in [1.54, 1.807) is 12.5 Å². The van der Waals surface area contributed by atoms with Gasteiger partial charge in [-0.15, -0.1) is 0 Å². The van der Waals surface area contributed by atoms with Gasteiger partial charge in [-0.1, -0.05) is 48.5 Å². The van der Waals surface area contributed by atoms with Crippen molar-refractivity contribution in [1.82, 2.24) is 9.97 Å². The van der Waals surface area contributed by atoms with Crippen LogP contribution in [0.4, 0.5) is 0 Å². The number of hydrogen-bond acceptors (Lipinski definition) is 5. The summed E-state index contributed by atoms with van der Waals surface area (Å²) in [6.07, 6.45) is 7.24. The zero-order chi connectivity index (χ0) is 25.1. The van der Waals surface area contributed by atoms with Gasteiger partial charge in [0.15, 0.2) is 0 Å². The van der Waals surface area contributed by atoms with E-state index < -0.39 is 0 Å². The molecule has 1 aliphatic heterocycles. The zero-order valence-electron chi connectivity index (χ0n) is 20.2. The Hall–Kier alpha value is -5.16. The number of ether oxygens (including phenoxy) is 1. The lowest BCUT2D eigenvalue weighted by molar-refractivity contribution is 0.389. The molecule has 5 nitrogen and oxygen atoms in total. The van der Waals surface area contributed by atoms with Crippen LogP contribution in [0.3, 0.4) is 0 Å². The molecule has 5 heteroatoms. The highest BCUT2D eigenvalue weighted by molar-refractivity contribution is 6.06. The predicted molar refractivity (Wildman–Crippen MR) is 150 cm³/mol. The van der Waals surface area contributed by atoms with Crippen molar-refractivity contribution >= 4 is 43.9 Å². The van der Waals surface area contributed by atoms with Gasteiger partial charge in [-0.2, -0.15) is 0 Å². The number of para-hydroxylation sites is 2. The lowest BCUT2D eigenvalue weighted by Gasteiger charge is -2.14. The Morgan fingerprint density at radius 1 is 0.500 bits per heavy atom. The van der Waals surface area contributed by atoms with E-state index in [-0.39, 0.29) is 5.92 Å². The maximum atomic E-state index is 6.16. The van der Waals surface area contributed by atoms with Crippen LogP contribution in [0.2, 0.25) is 0 Å². The molecule has 4 heterocycles. The molecule has 0 aliphatic carbocycles. The topological polar surface area (TPSA) is 61.3 Å². The summed E-state index contributed by atoms with van der Waals surface area (Å²) in [7, 11) is 0.